The van der Waals surface area contributed by atoms with Crippen LogP contribution in [0.2, 0.25) is 0 Å². The van der Waals surface area contributed by atoms with E-state index in [1.165, 1.54) is 18.2 Å². The average molecular weight is 313 g/mol. The SMILES string of the molecule is O=c1[nH]c2cc(OC3OC(CO)C(O)C(O)C3O)ccc2o1. The molecule has 5 unspecified atom stereocenters. The van der Waals surface area contributed by atoms with Crippen LogP contribution in [0.5, 0.6) is 5.75 Å². The van der Waals surface area contributed by atoms with Gasteiger partial charge in [-0.1, -0.05) is 0 Å². The molecule has 1 saturated heterocycles. The second-order valence-electron chi connectivity index (χ2n) is 4.99. The largest absolute Gasteiger partial charge is 0.462 e. The molecule has 0 radical (unpaired) electrons. The van der Waals surface area contributed by atoms with Gasteiger partial charge in [-0.15, -0.1) is 0 Å². The Morgan fingerprint density at radius 2 is 1.95 bits per heavy atom. The van der Waals surface area contributed by atoms with E-state index in [2.05, 4.69) is 4.98 Å². The Morgan fingerprint density at radius 3 is 2.68 bits per heavy atom. The van der Waals surface area contributed by atoms with E-state index < -0.39 is 43.1 Å². The van der Waals surface area contributed by atoms with E-state index in [-0.39, 0.29) is 5.75 Å². The molecule has 0 aliphatic carbocycles. The molecule has 0 saturated carbocycles. The summed E-state index contributed by atoms with van der Waals surface area (Å²) in [6.07, 6.45) is -6.81. The van der Waals surface area contributed by atoms with Gasteiger partial charge in [0.2, 0.25) is 6.29 Å². The summed E-state index contributed by atoms with van der Waals surface area (Å²) in [6, 6.07) is 4.44. The number of nitrogens with one attached hydrogen (secondary N) is 1. The van der Waals surface area contributed by atoms with Crippen LogP contribution in [-0.2, 0) is 4.74 Å². The van der Waals surface area contributed by atoms with Crippen molar-refractivity contribution >= 4 is 11.1 Å². The van der Waals surface area contributed by atoms with E-state index >= 15 is 0 Å². The summed E-state index contributed by atoms with van der Waals surface area (Å²) in [5.41, 5.74) is 0.734. The lowest BCUT2D eigenvalue weighted by Crippen LogP contribution is -2.60. The van der Waals surface area contributed by atoms with Gasteiger partial charge in [0.1, 0.15) is 30.2 Å². The topological polar surface area (TPSA) is 145 Å². The van der Waals surface area contributed by atoms with Gasteiger partial charge in [-0.25, -0.2) is 4.79 Å². The van der Waals surface area contributed by atoms with Crippen molar-refractivity contribution in [3.05, 3.63) is 28.7 Å². The van der Waals surface area contributed by atoms with Crippen LogP contribution in [-0.4, -0.2) is 62.7 Å². The van der Waals surface area contributed by atoms with Crippen LogP contribution < -0.4 is 10.5 Å². The van der Waals surface area contributed by atoms with Gasteiger partial charge in [0.05, 0.1) is 12.1 Å². The van der Waals surface area contributed by atoms with E-state index in [0.717, 1.165) is 0 Å². The molecule has 2 heterocycles. The van der Waals surface area contributed by atoms with Crippen molar-refractivity contribution < 1.29 is 34.3 Å². The first-order valence-electron chi connectivity index (χ1n) is 6.59. The standard InChI is InChI=1S/C13H15NO8/c15-4-8-9(16)10(17)11(18)12(21-8)20-5-1-2-7-6(3-5)14-13(19)22-7/h1-3,8-12,15-18H,4H2,(H,14,19). The fourth-order valence-corrected chi connectivity index (χ4v) is 2.30. The molecule has 1 aliphatic rings. The number of rotatable bonds is 3. The second kappa shape index (κ2) is 5.71. The van der Waals surface area contributed by atoms with Crippen molar-refractivity contribution in [1.82, 2.24) is 4.98 Å². The Balaban J connectivity index is 1.81. The van der Waals surface area contributed by atoms with Gasteiger partial charge in [0.25, 0.3) is 0 Å². The van der Waals surface area contributed by atoms with Crippen LogP contribution in [0.25, 0.3) is 11.1 Å². The number of aliphatic hydroxyl groups is 4. The second-order valence-corrected chi connectivity index (χ2v) is 4.99. The minimum Gasteiger partial charge on any atom is -0.462 e. The first-order chi connectivity index (χ1) is 10.5. The Bertz CT molecular complexity index is 707. The molecular weight excluding hydrogens is 298 g/mol. The number of oxazole rings is 1. The molecule has 1 aromatic carbocycles. The lowest BCUT2D eigenvalue weighted by Gasteiger charge is -2.39. The molecule has 1 aromatic heterocycles. The number of fused-ring (bicyclic) bond motifs is 1. The normalized spacial score (nSPS) is 32.3. The summed E-state index contributed by atoms with van der Waals surface area (Å²) in [6.45, 7) is -0.543. The number of hydrogen-bond acceptors (Lipinski definition) is 8. The van der Waals surface area contributed by atoms with Crippen molar-refractivity contribution in [1.29, 1.82) is 0 Å². The molecule has 5 N–H and O–H groups in total. The molecular formula is C13H15NO8. The first-order valence-corrected chi connectivity index (χ1v) is 6.59. The fourth-order valence-electron chi connectivity index (χ4n) is 2.30. The van der Waals surface area contributed by atoms with Crippen LogP contribution in [0.4, 0.5) is 0 Å². The van der Waals surface area contributed by atoms with Crippen molar-refractivity contribution in [2.75, 3.05) is 6.61 Å². The fraction of sp³-hybridized carbons (Fsp3) is 0.462. The van der Waals surface area contributed by atoms with Crippen LogP contribution in [0.15, 0.2) is 27.4 Å². The van der Waals surface area contributed by atoms with Crippen LogP contribution in [0.3, 0.4) is 0 Å². The van der Waals surface area contributed by atoms with Gasteiger partial charge >= 0.3 is 5.76 Å². The predicted molar refractivity (Wildman–Crippen MR) is 71.2 cm³/mol. The van der Waals surface area contributed by atoms with Gasteiger partial charge in [0.15, 0.2) is 5.58 Å². The maximum absolute atomic E-state index is 11.1. The summed E-state index contributed by atoms with van der Waals surface area (Å²) < 4.78 is 15.5. The molecule has 0 spiro atoms. The molecule has 3 rings (SSSR count). The highest BCUT2D eigenvalue weighted by Crippen LogP contribution is 2.25. The van der Waals surface area contributed by atoms with Gasteiger partial charge in [-0.05, 0) is 12.1 Å². The lowest BCUT2D eigenvalue weighted by atomic mass is 9.99. The zero-order chi connectivity index (χ0) is 15.9. The number of ether oxygens (including phenoxy) is 2. The molecule has 9 heteroatoms. The van der Waals surface area contributed by atoms with Gasteiger partial charge in [0, 0.05) is 6.07 Å². The number of aromatic nitrogens is 1. The van der Waals surface area contributed by atoms with Crippen molar-refractivity contribution in [3.8, 4) is 5.75 Å². The maximum atomic E-state index is 11.1. The van der Waals surface area contributed by atoms with E-state index in [4.69, 9.17) is 19.0 Å². The molecule has 1 fully saturated rings. The summed E-state index contributed by atoms with van der Waals surface area (Å²) in [5, 5.41) is 38.4. The third-order valence-electron chi connectivity index (χ3n) is 3.49. The predicted octanol–water partition coefficient (Wildman–Crippen LogP) is -1.70. The van der Waals surface area contributed by atoms with E-state index in [1.807, 2.05) is 0 Å². The Labute approximate surface area is 123 Å². The summed E-state index contributed by atoms with van der Waals surface area (Å²) in [4.78, 5) is 13.5. The summed E-state index contributed by atoms with van der Waals surface area (Å²) in [7, 11) is 0. The zero-order valence-corrected chi connectivity index (χ0v) is 11.2. The molecule has 120 valence electrons. The monoisotopic (exact) mass is 313 g/mol. The molecule has 9 nitrogen and oxygen atoms in total. The number of hydrogen-bond donors (Lipinski definition) is 5. The smallest absolute Gasteiger partial charge is 0.417 e. The van der Waals surface area contributed by atoms with Crippen molar-refractivity contribution in [3.63, 3.8) is 0 Å². The highest BCUT2D eigenvalue weighted by molar-refractivity contribution is 5.73. The number of aliphatic hydroxyl groups excluding tert-OH is 4. The Hall–Kier alpha value is -1.91. The number of H-pyrrole nitrogens is 1. The Kier molecular flexibility index (Phi) is 3.89. The number of benzene rings is 1. The quantitative estimate of drug-likeness (QED) is 0.451. The highest BCUT2D eigenvalue weighted by Gasteiger charge is 2.44. The minimum atomic E-state index is -1.52. The van der Waals surface area contributed by atoms with Crippen LogP contribution >= 0.6 is 0 Å². The van der Waals surface area contributed by atoms with Crippen molar-refractivity contribution in [2.24, 2.45) is 0 Å². The van der Waals surface area contributed by atoms with Gasteiger partial charge in [-0.3, -0.25) is 4.98 Å². The lowest BCUT2D eigenvalue weighted by molar-refractivity contribution is -0.277. The van der Waals surface area contributed by atoms with E-state index in [9.17, 15) is 20.1 Å². The highest BCUT2D eigenvalue weighted by atomic mass is 16.7. The molecule has 2 aromatic rings. The third kappa shape index (κ3) is 2.60. The third-order valence-corrected chi connectivity index (χ3v) is 3.49. The van der Waals surface area contributed by atoms with E-state index in [1.54, 1.807) is 0 Å². The molecule has 0 bridgehead atoms. The molecule has 0 amide bonds. The molecule has 22 heavy (non-hydrogen) atoms. The molecule has 5 atom stereocenters. The maximum Gasteiger partial charge on any atom is 0.417 e. The summed E-state index contributed by atoms with van der Waals surface area (Å²) in [5.74, 6) is -0.367. The first kappa shape index (κ1) is 15.0. The van der Waals surface area contributed by atoms with Gasteiger partial charge in [-0.2, -0.15) is 0 Å². The summed E-state index contributed by atoms with van der Waals surface area (Å²) >= 11 is 0. The zero-order valence-electron chi connectivity index (χ0n) is 11.2. The Morgan fingerprint density at radius 1 is 1.18 bits per heavy atom. The van der Waals surface area contributed by atoms with E-state index in [0.29, 0.717) is 11.1 Å². The van der Waals surface area contributed by atoms with Crippen LogP contribution in [0, 0.1) is 0 Å². The van der Waals surface area contributed by atoms with Gasteiger partial charge < -0.3 is 34.3 Å². The average Bonchev–Trinajstić information content (AvgIpc) is 2.87. The van der Waals surface area contributed by atoms with Crippen LogP contribution in [0.1, 0.15) is 0 Å². The number of aromatic amines is 1. The van der Waals surface area contributed by atoms with Crippen molar-refractivity contribution in [2.45, 2.75) is 30.7 Å². The minimum absolute atomic E-state index is 0.244. The molecule has 1 aliphatic heterocycles.